The summed E-state index contributed by atoms with van der Waals surface area (Å²) in [4.78, 5) is 10.6. The second kappa shape index (κ2) is 3.71. The fourth-order valence-electron chi connectivity index (χ4n) is 0.411. The van der Waals surface area contributed by atoms with Gasteiger partial charge in [-0.3, -0.25) is 0 Å². The molecule has 3 nitrogen and oxygen atoms in total. The van der Waals surface area contributed by atoms with Gasteiger partial charge in [0, 0.05) is 0 Å². The van der Waals surface area contributed by atoms with E-state index in [4.69, 9.17) is 5.11 Å². The van der Waals surface area contributed by atoms with Crippen molar-refractivity contribution in [2.75, 3.05) is 7.11 Å². The summed E-state index contributed by atoms with van der Waals surface area (Å²) in [7, 11) is 1.25. The highest BCUT2D eigenvalue weighted by Crippen LogP contribution is 2.02. The van der Waals surface area contributed by atoms with Crippen LogP contribution in [0.5, 0.6) is 0 Å². The summed E-state index contributed by atoms with van der Waals surface area (Å²) in [6, 6.07) is 0. The summed E-state index contributed by atoms with van der Waals surface area (Å²) < 4.78 is 4.33. The molecule has 0 spiro atoms. The molecule has 56 valence electrons. The number of ether oxygens (including phenoxy) is 1. The number of carbonyl (C=O) groups is 1. The lowest BCUT2D eigenvalue weighted by atomic mass is 10.2. The highest BCUT2D eigenvalue weighted by Gasteiger charge is 2.06. The van der Waals surface area contributed by atoms with Crippen LogP contribution in [0.4, 0.5) is 0 Å². The maximum atomic E-state index is 10.6. The van der Waals surface area contributed by atoms with Crippen molar-refractivity contribution in [2.24, 2.45) is 0 Å². The Morgan fingerprint density at radius 2 is 2.20 bits per heavy atom. The van der Waals surface area contributed by atoms with Crippen molar-refractivity contribution in [3.05, 3.63) is 24.0 Å². The molecule has 0 fully saturated rings. The summed E-state index contributed by atoms with van der Waals surface area (Å²) in [6.45, 7) is 4.74. The Morgan fingerprint density at radius 3 is 2.50 bits per heavy atom. The van der Waals surface area contributed by atoms with Crippen LogP contribution in [0.3, 0.4) is 0 Å². The molecule has 0 rings (SSSR count). The van der Waals surface area contributed by atoms with Crippen LogP contribution in [-0.2, 0) is 9.53 Å². The number of hydrogen-bond donors (Lipinski definition) is 1. The van der Waals surface area contributed by atoms with Gasteiger partial charge in [-0.05, 0) is 13.0 Å². The number of carbonyl (C=O) groups excluding carboxylic acids is 1. The first-order chi connectivity index (χ1) is 4.63. The number of methoxy groups -OCH3 is 1. The molecule has 0 aromatic carbocycles. The molecule has 0 saturated heterocycles. The van der Waals surface area contributed by atoms with Crippen molar-refractivity contribution in [1.29, 1.82) is 0 Å². The van der Waals surface area contributed by atoms with Gasteiger partial charge in [-0.1, -0.05) is 6.58 Å². The van der Waals surface area contributed by atoms with Gasteiger partial charge < -0.3 is 9.84 Å². The molecule has 0 atom stereocenters. The van der Waals surface area contributed by atoms with Crippen LogP contribution in [0.1, 0.15) is 6.92 Å². The lowest BCUT2D eigenvalue weighted by molar-refractivity contribution is -0.136. The number of allylic oxidation sites excluding steroid dienone is 1. The van der Waals surface area contributed by atoms with Crippen molar-refractivity contribution in [1.82, 2.24) is 0 Å². The smallest absolute Gasteiger partial charge is 0.337 e. The normalized spacial score (nSPS) is 11.8. The van der Waals surface area contributed by atoms with Crippen molar-refractivity contribution in [3.63, 3.8) is 0 Å². The van der Waals surface area contributed by atoms with Crippen LogP contribution in [0.25, 0.3) is 0 Å². The molecule has 0 saturated carbocycles. The monoisotopic (exact) mass is 142 g/mol. The van der Waals surface area contributed by atoms with Crippen LogP contribution in [0.15, 0.2) is 24.0 Å². The van der Waals surface area contributed by atoms with E-state index in [0.29, 0.717) is 0 Å². The SMILES string of the molecule is C=C/C(O)=C(\C)C(=O)OC. The fraction of sp³-hybridized carbons (Fsp3) is 0.286. The minimum Gasteiger partial charge on any atom is -0.507 e. The maximum Gasteiger partial charge on any atom is 0.337 e. The molecular formula is C7H10O3. The minimum atomic E-state index is -0.544. The summed E-state index contributed by atoms with van der Waals surface area (Å²) in [6.07, 6.45) is 1.19. The van der Waals surface area contributed by atoms with Crippen molar-refractivity contribution in [2.45, 2.75) is 6.92 Å². The quantitative estimate of drug-likeness (QED) is 0.272. The zero-order valence-corrected chi connectivity index (χ0v) is 6.05. The van der Waals surface area contributed by atoms with E-state index >= 15 is 0 Å². The van der Waals surface area contributed by atoms with Gasteiger partial charge in [0.1, 0.15) is 5.76 Å². The first-order valence-corrected chi connectivity index (χ1v) is 2.74. The Hall–Kier alpha value is -1.25. The first-order valence-electron chi connectivity index (χ1n) is 2.74. The second-order valence-electron chi connectivity index (χ2n) is 1.71. The Balaban J connectivity index is 4.45. The average Bonchev–Trinajstić information content (AvgIpc) is 2.00. The van der Waals surface area contributed by atoms with Gasteiger partial charge in [-0.2, -0.15) is 0 Å². The molecule has 1 N–H and O–H groups in total. The topological polar surface area (TPSA) is 46.5 Å². The lowest BCUT2D eigenvalue weighted by Crippen LogP contribution is -2.03. The van der Waals surface area contributed by atoms with Gasteiger partial charge in [-0.25, -0.2) is 4.79 Å². The summed E-state index contributed by atoms with van der Waals surface area (Å²) >= 11 is 0. The van der Waals surface area contributed by atoms with E-state index in [-0.39, 0.29) is 11.3 Å². The first kappa shape index (κ1) is 8.75. The van der Waals surface area contributed by atoms with Crippen molar-refractivity contribution in [3.8, 4) is 0 Å². The molecule has 0 unspecified atom stereocenters. The van der Waals surface area contributed by atoms with Crippen LogP contribution in [0.2, 0.25) is 0 Å². The molecule has 0 amide bonds. The maximum absolute atomic E-state index is 10.6. The van der Waals surface area contributed by atoms with E-state index in [0.717, 1.165) is 0 Å². The third kappa shape index (κ3) is 1.93. The zero-order valence-electron chi connectivity index (χ0n) is 6.05. The Labute approximate surface area is 59.6 Å². The van der Waals surface area contributed by atoms with Crippen LogP contribution < -0.4 is 0 Å². The molecule has 0 radical (unpaired) electrons. The second-order valence-corrected chi connectivity index (χ2v) is 1.71. The fourth-order valence-corrected chi connectivity index (χ4v) is 0.411. The zero-order chi connectivity index (χ0) is 8.15. The van der Waals surface area contributed by atoms with Gasteiger partial charge in [0.05, 0.1) is 12.7 Å². The highest BCUT2D eigenvalue weighted by molar-refractivity contribution is 5.88. The molecule has 0 aromatic rings. The third-order valence-electron chi connectivity index (χ3n) is 1.07. The lowest BCUT2D eigenvalue weighted by Gasteiger charge is -1.98. The highest BCUT2D eigenvalue weighted by atomic mass is 16.5. The summed E-state index contributed by atoms with van der Waals surface area (Å²) in [5.74, 6) is -0.691. The Kier molecular flexibility index (Phi) is 3.25. The van der Waals surface area contributed by atoms with E-state index < -0.39 is 5.97 Å². The largest absolute Gasteiger partial charge is 0.507 e. The van der Waals surface area contributed by atoms with E-state index in [1.54, 1.807) is 0 Å². The van der Waals surface area contributed by atoms with Gasteiger partial charge in [0.15, 0.2) is 0 Å². The number of aliphatic hydroxyl groups is 1. The van der Waals surface area contributed by atoms with Gasteiger partial charge in [-0.15, -0.1) is 0 Å². The number of hydrogen-bond acceptors (Lipinski definition) is 3. The molecule has 0 aliphatic heterocycles. The molecule has 3 heteroatoms. The number of rotatable bonds is 2. The van der Waals surface area contributed by atoms with E-state index in [1.807, 2.05) is 0 Å². The average molecular weight is 142 g/mol. The Morgan fingerprint density at radius 1 is 1.70 bits per heavy atom. The predicted octanol–water partition coefficient (Wildman–Crippen LogP) is 1.18. The number of esters is 1. The predicted molar refractivity (Wildman–Crippen MR) is 37.5 cm³/mol. The van der Waals surface area contributed by atoms with E-state index in [9.17, 15) is 4.79 Å². The van der Waals surface area contributed by atoms with Crippen LogP contribution in [0, 0.1) is 0 Å². The van der Waals surface area contributed by atoms with E-state index in [2.05, 4.69) is 11.3 Å². The molecule has 0 aliphatic carbocycles. The standard InChI is InChI=1S/C7H10O3/c1-4-6(8)5(2)7(9)10-3/h4,8H,1H2,2-3H3/b6-5-. The molecule has 0 aliphatic rings. The number of aliphatic hydroxyl groups excluding tert-OH is 1. The molecule has 10 heavy (non-hydrogen) atoms. The van der Waals surface area contributed by atoms with Crippen molar-refractivity contribution >= 4 is 5.97 Å². The molecule has 0 aromatic heterocycles. The van der Waals surface area contributed by atoms with Gasteiger partial charge >= 0.3 is 5.97 Å². The van der Waals surface area contributed by atoms with Gasteiger partial charge in [0.2, 0.25) is 0 Å². The Bertz CT molecular complexity index is 179. The van der Waals surface area contributed by atoms with Crippen LogP contribution >= 0.6 is 0 Å². The van der Waals surface area contributed by atoms with Crippen molar-refractivity contribution < 1.29 is 14.6 Å². The minimum absolute atomic E-state index is 0.146. The summed E-state index contributed by atoms with van der Waals surface area (Å²) in [5, 5.41) is 8.89. The van der Waals surface area contributed by atoms with Crippen LogP contribution in [-0.4, -0.2) is 18.2 Å². The van der Waals surface area contributed by atoms with Gasteiger partial charge in [0.25, 0.3) is 0 Å². The molecular weight excluding hydrogens is 132 g/mol. The third-order valence-corrected chi connectivity index (χ3v) is 1.07. The summed E-state index contributed by atoms with van der Waals surface area (Å²) in [5.41, 5.74) is 0.164. The molecule has 0 heterocycles. The van der Waals surface area contributed by atoms with E-state index in [1.165, 1.54) is 20.1 Å². The molecule has 0 bridgehead atoms.